The molecule has 0 spiro atoms. The van der Waals surface area contributed by atoms with Gasteiger partial charge in [0.15, 0.2) is 0 Å². The minimum atomic E-state index is -3.65. The number of nitrogens with one attached hydrogen (secondary N) is 1. The molecule has 0 unspecified atom stereocenters. The molecule has 0 aromatic heterocycles. The smallest absolute Gasteiger partial charge is 0.240 e. The molecule has 20 heavy (non-hydrogen) atoms. The van der Waals surface area contributed by atoms with Gasteiger partial charge in [-0.25, -0.2) is 13.1 Å². The van der Waals surface area contributed by atoms with E-state index in [2.05, 4.69) is 16.6 Å². The number of amides is 1. The molecule has 0 bridgehead atoms. The summed E-state index contributed by atoms with van der Waals surface area (Å²) in [6, 6.07) is 4.61. The molecule has 0 aliphatic rings. The first-order valence-electron chi connectivity index (χ1n) is 5.94. The van der Waals surface area contributed by atoms with Crippen LogP contribution in [-0.4, -0.2) is 27.4 Å². The summed E-state index contributed by atoms with van der Waals surface area (Å²) in [6.07, 6.45) is -0.0434. The van der Waals surface area contributed by atoms with Gasteiger partial charge in [-0.15, -0.1) is 0 Å². The van der Waals surface area contributed by atoms with Crippen LogP contribution in [-0.2, 0) is 14.8 Å². The van der Waals surface area contributed by atoms with Crippen molar-refractivity contribution in [3.63, 3.8) is 0 Å². The number of sulfonamides is 1. The molecule has 0 fully saturated rings. The maximum atomic E-state index is 12.0. The second-order valence-corrected chi connectivity index (χ2v) is 5.86. The van der Waals surface area contributed by atoms with Gasteiger partial charge in [-0.05, 0) is 30.7 Å². The summed E-state index contributed by atoms with van der Waals surface area (Å²) in [4.78, 5) is 10.7. The first-order valence-corrected chi connectivity index (χ1v) is 7.42. The Labute approximate surface area is 118 Å². The van der Waals surface area contributed by atoms with Gasteiger partial charge in [-0.3, -0.25) is 4.79 Å². The molecule has 0 radical (unpaired) electrons. The number of nitrogens with two attached hydrogens (primary N) is 2. The lowest BCUT2D eigenvalue weighted by molar-refractivity contribution is -0.117. The Balaban J connectivity index is 2.91. The highest BCUT2D eigenvalue weighted by Crippen LogP contribution is 2.14. The summed E-state index contributed by atoms with van der Waals surface area (Å²) in [5.41, 5.74) is 11.7. The Morgan fingerprint density at radius 2 is 2.10 bits per heavy atom. The molecule has 108 valence electrons. The number of carbonyl (C=O) groups excluding carboxylic acids is 1. The SMILES string of the molecule is Cc1cc(S(=O)(=O)NCCC(N)=O)ccc1C#CCN. The highest BCUT2D eigenvalue weighted by atomic mass is 32.2. The number of rotatable bonds is 5. The van der Waals surface area contributed by atoms with Crippen LogP contribution in [0.4, 0.5) is 0 Å². The average molecular weight is 295 g/mol. The maximum Gasteiger partial charge on any atom is 0.240 e. The molecular formula is C13H17N3O3S. The van der Waals surface area contributed by atoms with Crippen molar-refractivity contribution in [2.24, 2.45) is 11.5 Å². The van der Waals surface area contributed by atoms with E-state index in [0.717, 1.165) is 11.1 Å². The predicted molar refractivity (Wildman–Crippen MR) is 76.1 cm³/mol. The third-order valence-electron chi connectivity index (χ3n) is 2.50. The monoisotopic (exact) mass is 295 g/mol. The van der Waals surface area contributed by atoms with E-state index in [-0.39, 0.29) is 24.4 Å². The Hall–Kier alpha value is -1.88. The minimum Gasteiger partial charge on any atom is -0.370 e. The normalized spacial score (nSPS) is 10.7. The zero-order valence-electron chi connectivity index (χ0n) is 11.1. The van der Waals surface area contributed by atoms with Crippen molar-refractivity contribution < 1.29 is 13.2 Å². The fourth-order valence-electron chi connectivity index (χ4n) is 1.48. The molecule has 1 aromatic rings. The van der Waals surface area contributed by atoms with Gasteiger partial charge in [-0.1, -0.05) is 11.8 Å². The van der Waals surface area contributed by atoms with Gasteiger partial charge in [0.2, 0.25) is 15.9 Å². The van der Waals surface area contributed by atoms with Crippen LogP contribution in [0.15, 0.2) is 23.1 Å². The van der Waals surface area contributed by atoms with Crippen LogP contribution >= 0.6 is 0 Å². The van der Waals surface area contributed by atoms with E-state index in [1.807, 2.05) is 0 Å². The summed E-state index contributed by atoms with van der Waals surface area (Å²) in [5.74, 6) is 5.01. The van der Waals surface area contributed by atoms with Crippen molar-refractivity contribution in [2.75, 3.05) is 13.1 Å². The fourth-order valence-corrected chi connectivity index (χ4v) is 2.60. The zero-order chi connectivity index (χ0) is 15.2. The second kappa shape index (κ2) is 7.05. The topological polar surface area (TPSA) is 115 Å². The molecule has 0 aliphatic carbocycles. The van der Waals surface area contributed by atoms with Crippen molar-refractivity contribution in [3.05, 3.63) is 29.3 Å². The Morgan fingerprint density at radius 1 is 1.40 bits per heavy atom. The van der Waals surface area contributed by atoms with Crippen LogP contribution in [0.1, 0.15) is 17.5 Å². The number of aryl methyl sites for hydroxylation is 1. The fraction of sp³-hybridized carbons (Fsp3) is 0.308. The van der Waals surface area contributed by atoms with Crippen molar-refractivity contribution in [2.45, 2.75) is 18.2 Å². The summed E-state index contributed by atoms with van der Waals surface area (Å²) < 4.78 is 26.3. The van der Waals surface area contributed by atoms with Gasteiger partial charge in [0.25, 0.3) is 0 Å². The molecule has 0 saturated carbocycles. The van der Waals surface area contributed by atoms with Gasteiger partial charge in [0, 0.05) is 18.5 Å². The summed E-state index contributed by atoms with van der Waals surface area (Å²) in [5, 5.41) is 0. The Morgan fingerprint density at radius 3 is 2.65 bits per heavy atom. The van der Waals surface area contributed by atoms with Crippen LogP contribution < -0.4 is 16.2 Å². The van der Waals surface area contributed by atoms with Gasteiger partial charge < -0.3 is 11.5 Å². The van der Waals surface area contributed by atoms with Gasteiger partial charge in [0.05, 0.1) is 11.4 Å². The number of hydrogen-bond acceptors (Lipinski definition) is 4. The molecule has 5 N–H and O–H groups in total. The molecule has 1 aromatic carbocycles. The third kappa shape index (κ3) is 4.66. The molecule has 0 saturated heterocycles. The van der Waals surface area contributed by atoms with E-state index < -0.39 is 15.9 Å². The van der Waals surface area contributed by atoms with E-state index in [4.69, 9.17) is 11.5 Å². The molecule has 1 rings (SSSR count). The first kappa shape index (κ1) is 16.2. The van der Waals surface area contributed by atoms with Gasteiger partial charge in [0.1, 0.15) is 0 Å². The summed E-state index contributed by atoms with van der Waals surface area (Å²) in [7, 11) is -3.65. The van der Waals surface area contributed by atoms with Crippen LogP contribution in [0.25, 0.3) is 0 Å². The van der Waals surface area contributed by atoms with Gasteiger partial charge in [-0.2, -0.15) is 0 Å². The molecule has 0 atom stereocenters. The van der Waals surface area contributed by atoms with Gasteiger partial charge >= 0.3 is 0 Å². The van der Waals surface area contributed by atoms with E-state index in [1.165, 1.54) is 12.1 Å². The van der Waals surface area contributed by atoms with E-state index >= 15 is 0 Å². The van der Waals surface area contributed by atoms with Crippen molar-refractivity contribution in [1.82, 2.24) is 4.72 Å². The third-order valence-corrected chi connectivity index (χ3v) is 3.96. The lowest BCUT2D eigenvalue weighted by Gasteiger charge is -2.07. The minimum absolute atomic E-state index is 0.0224. The quantitative estimate of drug-likeness (QED) is 0.633. The Kier molecular flexibility index (Phi) is 5.70. The zero-order valence-corrected chi connectivity index (χ0v) is 12.0. The van der Waals surface area contributed by atoms with E-state index in [1.54, 1.807) is 13.0 Å². The average Bonchev–Trinajstić information content (AvgIpc) is 2.36. The summed E-state index contributed by atoms with van der Waals surface area (Å²) >= 11 is 0. The van der Waals surface area contributed by atoms with Crippen LogP contribution in [0.2, 0.25) is 0 Å². The molecule has 0 aliphatic heterocycles. The lowest BCUT2D eigenvalue weighted by Crippen LogP contribution is -2.28. The second-order valence-electron chi connectivity index (χ2n) is 4.10. The standard InChI is InChI=1S/C13H17N3O3S/c1-10-9-12(5-4-11(10)3-2-7-14)20(18,19)16-8-6-13(15)17/h4-5,9,16H,6-8,14H2,1H3,(H2,15,17). The number of benzene rings is 1. The van der Waals surface area contributed by atoms with Crippen molar-refractivity contribution in [1.29, 1.82) is 0 Å². The molecule has 0 heterocycles. The van der Waals surface area contributed by atoms with E-state index in [0.29, 0.717) is 0 Å². The van der Waals surface area contributed by atoms with Crippen molar-refractivity contribution in [3.8, 4) is 11.8 Å². The molecule has 7 heteroatoms. The van der Waals surface area contributed by atoms with Crippen LogP contribution in [0.3, 0.4) is 0 Å². The molecule has 1 amide bonds. The van der Waals surface area contributed by atoms with Crippen molar-refractivity contribution >= 4 is 15.9 Å². The van der Waals surface area contributed by atoms with Crippen LogP contribution in [0, 0.1) is 18.8 Å². The summed E-state index contributed by atoms with van der Waals surface area (Å²) in [6.45, 7) is 1.99. The molecule has 6 nitrogen and oxygen atoms in total. The van der Waals surface area contributed by atoms with Crippen LogP contribution in [0.5, 0.6) is 0 Å². The first-order chi connectivity index (χ1) is 9.36. The lowest BCUT2D eigenvalue weighted by atomic mass is 10.1. The highest BCUT2D eigenvalue weighted by Gasteiger charge is 2.14. The Bertz CT molecular complexity index is 657. The number of hydrogen-bond donors (Lipinski definition) is 3. The predicted octanol–water partition coefficient (Wildman–Crippen LogP) is -0.541. The molecular weight excluding hydrogens is 278 g/mol. The highest BCUT2D eigenvalue weighted by molar-refractivity contribution is 7.89. The number of primary amides is 1. The largest absolute Gasteiger partial charge is 0.370 e. The number of carbonyl (C=O) groups is 1. The van der Waals surface area contributed by atoms with E-state index in [9.17, 15) is 13.2 Å². The maximum absolute atomic E-state index is 12.0.